The fourth-order valence-corrected chi connectivity index (χ4v) is 3.90. The molecule has 28 heavy (non-hydrogen) atoms. The third-order valence-corrected chi connectivity index (χ3v) is 5.53. The fourth-order valence-electron chi connectivity index (χ4n) is 3.90. The number of halogens is 1. The molecule has 0 aliphatic carbocycles. The Morgan fingerprint density at radius 3 is 2.43 bits per heavy atom. The maximum Gasteiger partial charge on any atom is 0.332 e. The van der Waals surface area contributed by atoms with Crippen LogP contribution in [0.1, 0.15) is 30.7 Å². The van der Waals surface area contributed by atoms with Gasteiger partial charge in [-0.2, -0.15) is 0 Å². The number of imidazole rings is 1. The van der Waals surface area contributed by atoms with E-state index in [1.165, 1.54) is 24.1 Å². The Hall–Kier alpha value is -2.74. The van der Waals surface area contributed by atoms with E-state index >= 15 is 0 Å². The quantitative estimate of drug-likeness (QED) is 0.684. The van der Waals surface area contributed by atoms with Gasteiger partial charge in [0, 0.05) is 19.7 Å². The minimum Gasteiger partial charge on any atom is -0.316 e. The number of hydrogen-bond donors (Lipinski definition) is 0. The number of aromatic nitrogens is 4. The largest absolute Gasteiger partial charge is 0.332 e. The highest BCUT2D eigenvalue weighted by molar-refractivity contribution is 5.71. The van der Waals surface area contributed by atoms with Crippen molar-refractivity contribution in [2.75, 3.05) is 13.1 Å². The van der Waals surface area contributed by atoms with Crippen molar-refractivity contribution in [1.29, 1.82) is 0 Å². The van der Waals surface area contributed by atoms with Gasteiger partial charge in [0.25, 0.3) is 5.56 Å². The van der Waals surface area contributed by atoms with Crippen molar-refractivity contribution in [2.24, 2.45) is 14.1 Å². The zero-order valence-electron chi connectivity index (χ0n) is 16.2. The van der Waals surface area contributed by atoms with Crippen molar-refractivity contribution in [1.82, 2.24) is 23.6 Å². The molecule has 0 atom stereocenters. The maximum absolute atomic E-state index is 14.3. The van der Waals surface area contributed by atoms with E-state index in [2.05, 4.69) is 9.88 Å². The van der Waals surface area contributed by atoms with E-state index < -0.39 is 11.2 Å². The van der Waals surface area contributed by atoms with Gasteiger partial charge in [-0.1, -0.05) is 24.6 Å². The van der Waals surface area contributed by atoms with E-state index in [4.69, 9.17) is 0 Å². The van der Waals surface area contributed by atoms with Crippen LogP contribution in [0.3, 0.4) is 0 Å². The van der Waals surface area contributed by atoms with Crippen LogP contribution in [0.5, 0.6) is 0 Å². The number of likely N-dealkylation sites (tertiary alicyclic amines) is 1. The number of piperidine rings is 1. The van der Waals surface area contributed by atoms with E-state index in [0.29, 0.717) is 29.1 Å². The summed E-state index contributed by atoms with van der Waals surface area (Å²) < 4.78 is 18.5. The van der Waals surface area contributed by atoms with Gasteiger partial charge in [-0.15, -0.1) is 0 Å². The van der Waals surface area contributed by atoms with Crippen LogP contribution in [0, 0.1) is 5.82 Å². The first-order chi connectivity index (χ1) is 13.5. The minimum atomic E-state index is -0.419. The van der Waals surface area contributed by atoms with Gasteiger partial charge in [0.15, 0.2) is 11.2 Å². The highest BCUT2D eigenvalue weighted by Gasteiger charge is 2.22. The number of fused-ring (bicyclic) bond motifs is 1. The molecule has 4 rings (SSSR count). The molecule has 1 aliphatic rings. The van der Waals surface area contributed by atoms with Crippen molar-refractivity contribution in [3.8, 4) is 0 Å². The average molecular weight is 385 g/mol. The van der Waals surface area contributed by atoms with Crippen LogP contribution in [0.2, 0.25) is 0 Å². The van der Waals surface area contributed by atoms with Crippen LogP contribution < -0.4 is 11.2 Å². The van der Waals surface area contributed by atoms with Crippen LogP contribution in [-0.4, -0.2) is 36.7 Å². The molecule has 3 aromatic rings. The molecule has 148 valence electrons. The summed E-state index contributed by atoms with van der Waals surface area (Å²) in [4.78, 5) is 32.2. The highest BCUT2D eigenvalue weighted by atomic mass is 19.1. The fraction of sp³-hybridized carbons (Fsp3) is 0.450. The summed E-state index contributed by atoms with van der Waals surface area (Å²) in [5.41, 5.74) is 0.332. The van der Waals surface area contributed by atoms with E-state index in [9.17, 15) is 14.0 Å². The van der Waals surface area contributed by atoms with Gasteiger partial charge in [0.1, 0.15) is 11.6 Å². The van der Waals surface area contributed by atoms with E-state index in [0.717, 1.165) is 30.5 Å². The molecule has 1 aromatic carbocycles. The van der Waals surface area contributed by atoms with Crippen LogP contribution in [0.15, 0.2) is 33.9 Å². The molecule has 2 aromatic heterocycles. The molecule has 3 heterocycles. The van der Waals surface area contributed by atoms with Crippen molar-refractivity contribution < 1.29 is 4.39 Å². The molecule has 0 unspecified atom stereocenters. The lowest BCUT2D eigenvalue weighted by atomic mass is 10.1. The summed E-state index contributed by atoms with van der Waals surface area (Å²) in [6.07, 6.45) is 3.48. The van der Waals surface area contributed by atoms with Crippen molar-refractivity contribution >= 4 is 11.2 Å². The van der Waals surface area contributed by atoms with Gasteiger partial charge in [0.2, 0.25) is 0 Å². The highest BCUT2D eigenvalue weighted by Crippen LogP contribution is 2.19. The lowest BCUT2D eigenvalue weighted by Gasteiger charge is -2.26. The van der Waals surface area contributed by atoms with Crippen LogP contribution >= 0.6 is 0 Å². The number of nitrogens with zero attached hydrogens (tertiary/aromatic N) is 5. The monoisotopic (exact) mass is 385 g/mol. The van der Waals surface area contributed by atoms with Gasteiger partial charge in [-0.05, 0) is 32.0 Å². The van der Waals surface area contributed by atoms with Crippen LogP contribution in [0.4, 0.5) is 4.39 Å². The Bertz CT molecular complexity index is 1140. The average Bonchev–Trinajstić information content (AvgIpc) is 3.05. The second-order valence-electron chi connectivity index (χ2n) is 7.42. The first-order valence-electron chi connectivity index (χ1n) is 9.58. The topological polar surface area (TPSA) is 65.1 Å². The zero-order valence-corrected chi connectivity index (χ0v) is 16.2. The molecule has 0 bridgehead atoms. The summed E-state index contributed by atoms with van der Waals surface area (Å²) in [7, 11) is 3.06. The summed E-state index contributed by atoms with van der Waals surface area (Å²) >= 11 is 0. The van der Waals surface area contributed by atoms with E-state index in [1.54, 1.807) is 29.8 Å². The van der Waals surface area contributed by atoms with Crippen LogP contribution in [0.25, 0.3) is 11.2 Å². The Morgan fingerprint density at radius 1 is 1.00 bits per heavy atom. The Balaban J connectivity index is 1.90. The summed E-state index contributed by atoms with van der Waals surface area (Å²) in [6.45, 7) is 2.71. The molecular weight excluding hydrogens is 361 g/mol. The van der Waals surface area contributed by atoms with E-state index in [1.807, 2.05) is 0 Å². The maximum atomic E-state index is 14.3. The predicted octanol–water partition coefficient (Wildman–Crippen LogP) is 1.61. The van der Waals surface area contributed by atoms with Crippen molar-refractivity contribution in [2.45, 2.75) is 32.4 Å². The lowest BCUT2D eigenvalue weighted by molar-refractivity contribution is 0.214. The van der Waals surface area contributed by atoms with Gasteiger partial charge in [0.05, 0.1) is 13.1 Å². The molecule has 7 nitrogen and oxygen atoms in total. The standard InChI is InChI=1S/C20H24FN5O2/c1-23-18-17(19(27)24(2)20(23)28)26(12-14-8-4-5-9-15(14)21)16(22-18)13-25-10-6-3-7-11-25/h4-5,8-9H,3,6-7,10-13H2,1-2H3. The molecule has 0 saturated carbocycles. The van der Waals surface area contributed by atoms with Crippen molar-refractivity contribution in [3.63, 3.8) is 0 Å². The second kappa shape index (κ2) is 7.35. The Morgan fingerprint density at radius 2 is 1.71 bits per heavy atom. The zero-order chi connectivity index (χ0) is 19.8. The molecule has 1 aliphatic heterocycles. The number of rotatable bonds is 4. The summed E-state index contributed by atoms with van der Waals surface area (Å²) in [6, 6.07) is 6.53. The van der Waals surface area contributed by atoms with Gasteiger partial charge in [-0.25, -0.2) is 14.2 Å². The molecule has 8 heteroatoms. The minimum absolute atomic E-state index is 0.194. The van der Waals surface area contributed by atoms with Crippen LogP contribution in [-0.2, 0) is 27.2 Å². The molecule has 0 amide bonds. The number of aryl methyl sites for hydroxylation is 1. The lowest BCUT2D eigenvalue weighted by Crippen LogP contribution is -2.37. The predicted molar refractivity (Wildman–Crippen MR) is 105 cm³/mol. The van der Waals surface area contributed by atoms with Gasteiger partial charge in [-0.3, -0.25) is 18.8 Å². The first kappa shape index (κ1) is 18.6. The third-order valence-electron chi connectivity index (χ3n) is 5.53. The number of benzene rings is 1. The first-order valence-corrected chi connectivity index (χ1v) is 9.58. The normalized spacial score (nSPS) is 15.4. The molecule has 0 spiro atoms. The molecule has 1 saturated heterocycles. The SMILES string of the molecule is Cn1c(=O)c2c(nc(CN3CCCCC3)n2Cc2ccccc2F)n(C)c1=O. The Labute approximate surface area is 161 Å². The smallest absolute Gasteiger partial charge is 0.316 e. The summed E-state index contributed by atoms with van der Waals surface area (Å²) in [5, 5.41) is 0. The molecule has 0 N–H and O–H groups in total. The van der Waals surface area contributed by atoms with Crippen molar-refractivity contribution in [3.05, 3.63) is 62.3 Å². The molecule has 1 fully saturated rings. The molecule has 0 radical (unpaired) electrons. The Kier molecular flexibility index (Phi) is 4.89. The third kappa shape index (κ3) is 3.17. The second-order valence-corrected chi connectivity index (χ2v) is 7.42. The van der Waals surface area contributed by atoms with Gasteiger partial charge >= 0.3 is 5.69 Å². The molecular formula is C20H24FN5O2. The van der Waals surface area contributed by atoms with E-state index in [-0.39, 0.29) is 12.4 Å². The summed E-state index contributed by atoms with van der Waals surface area (Å²) in [5.74, 6) is 0.355. The van der Waals surface area contributed by atoms with Gasteiger partial charge < -0.3 is 4.57 Å². The number of hydrogen-bond acceptors (Lipinski definition) is 4.